The first-order valence-corrected chi connectivity index (χ1v) is 8.20. The maximum Gasteiger partial charge on any atom is 0.307 e. The Hall–Kier alpha value is -1.10. The summed E-state index contributed by atoms with van der Waals surface area (Å²) in [5, 5.41) is 12.3. The van der Waals surface area contributed by atoms with Gasteiger partial charge in [-0.3, -0.25) is 9.59 Å². The van der Waals surface area contributed by atoms with E-state index in [1.807, 2.05) is 0 Å². The van der Waals surface area contributed by atoms with Crippen molar-refractivity contribution in [3.8, 4) is 0 Å². The molecule has 2 aliphatic rings. The van der Waals surface area contributed by atoms with Crippen LogP contribution >= 0.6 is 0 Å². The Labute approximate surface area is 127 Å². The third kappa shape index (κ3) is 4.19. The Bertz CT molecular complexity index is 386. The summed E-state index contributed by atoms with van der Waals surface area (Å²) in [5.41, 5.74) is 0. The maximum absolute atomic E-state index is 12.4. The third-order valence-corrected chi connectivity index (χ3v) is 5.18. The number of nitrogens with one attached hydrogen (secondary N) is 1. The van der Waals surface area contributed by atoms with Crippen LogP contribution < -0.4 is 5.32 Å². The summed E-state index contributed by atoms with van der Waals surface area (Å²) < 4.78 is 0. The first-order valence-electron chi connectivity index (χ1n) is 8.20. The highest BCUT2D eigenvalue weighted by Crippen LogP contribution is 2.38. The molecule has 0 spiro atoms. The van der Waals surface area contributed by atoms with Crippen molar-refractivity contribution in [1.82, 2.24) is 10.2 Å². The molecule has 0 bridgehead atoms. The minimum Gasteiger partial charge on any atom is -0.481 e. The highest BCUT2D eigenvalue weighted by molar-refractivity contribution is 5.85. The second-order valence-corrected chi connectivity index (χ2v) is 6.81. The predicted molar refractivity (Wildman–Crippen MR) is 80.9 cm³/mol. The van der Waals surface area contributed by atoms with Crippen LogP contribution in [-0.2, 0) is 9.59 Å². The van der Waals surface area contributed by atoms with Gasteiger partial charge in [0.05, 0.1) is 11.8 Å². The quantitative estimate of drug-likeness (QED) is 0.808. The van der Waals surface area contributed by atoms with Gasteiger partial charge >= 0.3 is 5.97 Å². The second kappa shape index (κ2) is 7.25. The Balaban J connectivity index is 1.85. The molecule has 2 N–H and O–H groups in total. The lowest BCUT2D eigenvalue weighted by Crippen LogP contribution is -2.42. The van der Waals surface area contributed by atoms with Crippen molar-refractivity contribution >= 4 is 11.9 Å². The van der Waals surface area contributed by atoms with Crippen LogP contribution in [0.4, 0.5) is 0 Å². The average Bonchev–Trinajstić information content (AvgIpc) is 2.89. The van der Waals surface area contributed by atoms with Gasteiger partial charge in [0.1, 0.15) is 0 Å². The van der Waals surface area contributed by atoms with Gasteiger partial charge in [0, 0.05) is 13.1 Å². The lowest BCUT2D eigenvalue weighted by molar-refractivity contribution is -0.146. The summed E-state index contributed by atoms with van der Waals surface area (Å²) >= 11 is 0. The summed E-state index contributed by atoms with van der Waals surface area (Å²) in [5.74, 6) is -0.824. The first-order chi connectivity index (χ1) is 10.0. The molecule has 1 saturated carbocycles. The number of carbonyl (C=O) groups excluding carboxylic acids is 1. The van der Waals surface area contributed by atoms with E-state index < -0.39 is 11.9 Å². The van der Waals surface area contributed by atoms with Crippen LogP contribution in [0.1, 0.15) is 39.0 Å². The molecule has 0 aromatic carbocycles. The summed E-state index contributed by atoms with van der Waals surface area (Å²) in [7, 11) is 2.11. The molecule has 0 radical (unpaired) electrons. The van der Waals surface area contributed by atoms with Crippen LogP contribution in [0.15, 0.2) is 0 Å². The van der Waals surface area contributed by atoms with Crippen molar-refractivity contribution in [2.45, 2.75) is 39.0 Å². The van der Waals surface area contributed by atoms with Crippen molar-refractivity contribution in [3.05, 3.63) is 0 Å². The van der Waals surface area contributed by atoms with Crippen LogP contribution in [0.5, 0.6) is 0 Å². The molecule has 2 rings (SSSR count). The summed E-state index contributed by atoms with van der Waals surface area (Å²) in [6, 6.07) is 0. The topological polar surface area (TPSA) is 69.6 Å². The fraction of sp³-hybridized carbons (Fsp3) is 0.875. The summed E-state index contributed by atoms with van der Waals surface area (Å²) in [4.78, 5) is 26.0. The molecule has 21 heavy (non-hydrogen) atoms. The fourth-order valence-electron chi connectivity index (χ4n) is 3.85. The van der Waals surface area contributed by atoms with Crippen molar-refractivity contribution in [2.75, 3.05) is 26.7 Å². The van der Waals surface area contributed by atoms with E-state index in [2.05, 4.69) is 24.2 Å². The highest BCUT2D eigenvalue weighted by Gasteiger charge is 2.42. The number of rotatable bonds is 5. The zero-order chi connectivity index (χ0) is 15.4. The van der Waals surface area contributed by atoms with E-state index in [-0.39, 0.29) is 11.8 Å². The summed E-state index contributed by atoms with van der Waals surface area (Å²) in [6.45, 7) is 4.90. The standard InChI is InChI=1S/C16H28N2O3/c1-3-11-7-13(14(8-11)16(20)21)15(19)17-9-12-5-4-6-18(2)10-12/h11-14H,3-10H2,1-2H3,(H,17,19)(H,20,21)/t11?,12?,13-,14+/m0/s1. The molecule has 1 aliphatic heterocycles. The predicted octanol–water partition coefficient (Wildman–Crippen LogP) is 1.58. The molecular weight excluding hydrogens is 268 g/mol. The van der Waals surface area contributed by atoms with E-state index >= 15 is 0 Å². The molecule has 5 heteroatoms. The number of hydrogen-bond donors (Lipinski definition) is 2. The van der Waals surface area contributed by atoms with Gasteiger partial charge in [-0.25, -0.2) is 0 Å². The molecule has 2 unspecified atom stereocenters. The number of carbonyl (C=O) groups is 2. The Morgan fingerprint density at radius 1 is 1.24 bits per heavy atom. The Morgan fingerprint density at radius 3 is 2.57 bits per heavy atom. The van der Waals surface area contributed by atoms with Gasteiger partial charge in [-0.1, -0.05) is 13.3 Å². The number of carboxylic acid groups (broad SMARTS) is 1. The molecule has 1 saturated heterocycles. The monoisotopic (exact) mass is 296 g/mol. The molecule has 1 aliphatic carbocycles. The lowest BCUT2D eigenvalue weighted by atomic mass is 9.94. The van der Waals surface area contributed by atoms with Crippen LogP contribution in [0.25, 0.3) is 0 Å². The first kappa shape index (κ1) is 16.3. The van der Waals surface area contributed by atoms with Crippen LogP contribution in [-0.4, -0.2) is 48.6 Å². The zero-order valence-corrected chi connectivity index (χ0v) is 13.2. The average molecular weight is 296 g/mol. The number of aliphatic carboxylic acids is 1. The molecule has 0 aromatic rings. The number of nitrogens with zero attached hydrogens (tertiary/aromatic N) is 1. The van der Waals surface area contributed by atoms with E-state index in [9.17, 15) is 14.7 Å². The van der Waals surface area contributed by atoms with Gasteiger partial charge in [-0.05, 0) is 51.1 Å². The van der Waals surface area contributed by atoms with Crippen LogP contribution in [0.3, 0.4) is 0 Å². The van der Waals surface area contributed by atoms with Crippen molar-refractivity contribution in [3.63, 3.8) is 0 Å². The highest BCUT2D eigenvalue weighted by atomic mass is 16.4. The lowest BCUT2D eigenvalue weighted by Gasteiger charge is -2.30. The molecule has 1 heterocycles. The zero-order valence-electron chi connectivity index (χ0n) is 13.2. The smallest absolute Gasteiger partial charge is 0.307 e. The number of hydrogen-bond acceptors (Lipinski definition) is 3. The normalized spacial score (nSPS) is 33.8. The van der Waals surface area contributed by atoms with Crippen LogP contribution in [0.2, 0.25) is 0 Å². The molecular formula is C16H28N2O3. The van der Waals surface area contributed by atoms with Gasteiger partial charge in [0.25, 0.3) is 0 Å². The SMILES string of the molecule is CCC1C[C@H](C(=O)NCC2CCCN(C)C2)[C@H](C(=O)O)C1. The maximum atomic E-state index is 12.4. The molecule has 120 valence electrons. The van der Waals surface area contributed by atoms with E-state index in [0.29, 0.717) is 24.8 Å². The number of piperidine rings is 1. The van der Waals surface area contributed by atoms with Gasteiger partial charge in [-0.2, -0.15) is 0 Å². The number of carboxylic acids is 1. The van der Waals surface area contributed by atoms with E-state index in [1.54, 1.807) is 0 Å². The third-order valence-electron chi connectivity index (χ3n) is 5.18. The molecule has 1 amide bonds. The number of amides is 1. The molecule has 2 fully saturated rings. The summed E-state index contributed by atoms with van der Waals surface area (Å²) in [6.07, 6.45) is 4.66. The Kier molecular flexibility index (Phi) is 5.62. The van der Waals surface area contributed by atoms with Crippen molar-refractivity contribution in [2.24, 2.45) is 23.7 Å². The Morgan fingerprint density at radius 2 is 1.95 bits per heavy atom. The fourth-order valence-corrected chi connectivity index (χ4v) is 3.85. The van der Waals surface area contributed by atoms with Gasteiger partial charge in [-0.15, -0.1) is 0 Å². The van der Waals surface area contributed by atoms with Gasteiger partial charge in [0.2, 0.25) is 5.91 Å². The minimum absolute atomic E-state index is 0.0495. The number of likely N-dealkylation sites (tertiary alicyclic amines) is 1. The van der Waals surface area contributed by atoms with Gasteiger partial charge in [0.15, 0.2) is 0 Å². The van der Waals surface area contributed by atoms with Crippen LogP contribution in [0, 0.1) is 23.7 Å². The van der Waals surface area contributed by atoms with Crippen molar-refractivity contribution in [1.29, 1.82) is 0 Å². The second-order valence-electron chi connectivity index (χ2n) is 6.81. The molecule has 0 aromatic heterocycles. The molecule has 4 atom stereocenters. The van der Waals surface area contributed by atoms with E-state index in [0.717, 1.165) is 32.4 Å². The minimum atomic E-state index is -0.816. The van der Waals surface area contributed by atoms with E-state index in [1.165, 1.54) is 6.42 Å². The molecule has 5 nitrogen and oxygen atoms in total. The largest absolute Gasteiger partial charge is 0.481 e. The van der Waals surface area contributed by atoms with Crippen molar-refractivity contribution < 1.29 is 14.7 Å². The van der Waals surface area contributed by atoms with E-state index in [4.69, 9.17) is 0 Å². The van der Waals surface area contributed by atoms with Gasteiger partial charge < -0.3 is 15.3 Å².